The molecule has 2 aromatic carbocycles. The second kappa shape index (κ2) is 6.20. The smallest absolute Gasteiger partial charge is 0.339 e. The first-order valence-electron chi connectivity index (χ1n) is 5.65. The quantitative estimate of drug-likeness (QED) is 0.631. The Morgan fingerprint density at radius 1 is 1.16 bits per heavy atom. The van der Waals surface area contributed by atoms with Crippen molar-refractivity contribution in [3.63, 3.8) is 0 Å². The maximum Gasteiger partial charge on any atom is 0.339 e. The van der Waals surface area contributed by atoms with Crippen molar-refractivity contribution in [1.29, 1.82) is 0 Å². The van der Waals surface area contributed by atoms with Gasteiger partial charge in [0.1, 0.15) is 6.29 Å². The predicted molar refractivity (Wildman–Crippen MR) is 73.7 cm³/mol. The van der Waals surface area contributed by atoms with Crippen LogP contribution in [-0.2, 0) is 4.74 Å². The van der Waals surface area contributed by atoms with Gasteiger partial charge in [-0.3, -0.25) is 4.79 Å². The number of esters is 1. The van der Waals surface area contributed by atoms with Gasteiger partial charge < -0.3 is 4.74 Å². The molecule has 2 rings (SSSR count). The zero-order valence-corrected chi connectivity index (χ0v) is 11.1. The SMILES string of the molecule is COC(=O)c1ccccc1Sc1cccc(C=O)c1. The third kappa shape index (κ3) is 3.23. The van der Waals surface area contributed by atoms with Gasteiger partial charge in [-0.15, -0.1) is 0 Å². The van der Waals surface area contributed by atoms with E-state index in [1.165, 1.54) is 18.9 Å². The molecule has 0 heterocycles. The van der Waals surface area contributed by atoms with E-state index in [9.17, 15) is 9.59 Å². The lowest BCUT2D eigenvalue weighted by atomic mass is 10.2. The van der Waals surface area contributed by atoms with Crippen LogP contribution in [0, 0.1) is 0 Å². The molecule has 0 saturated heterocycles. The van der Waals surface area contributed by atoms with Crippen molar-refractivity contribution >= 4 is 24.0 Å². The summed E-state index contributed by atoms with van der Waals surface area (Å²) < 4.78 is 4.75. The molecule has 19 heavy (non-hydrogen) atoms. The molecule has 4 heteroatoms. The second-order valence-electron chi connectivity index (χ2n) is 3.78. The van der Waals surface area contributed by atoms with Crippen LogP contribution < -0.4 is 0 Å². The van der Waals surface area contributed by atoms with Gasteiger partial charge in [0.25, 0.3) is 0 Å². The van der Waals surface area contributed by atoms with Crippen LogP contribution in [-0.4, -0.2) is 19.4 Å². The van der Waals surface area contributed by atoms with Crippen molar-refractivity contribution in [3.8, 4) is 0 Å². The summed E-state index contributed by atoms with van der Waals surface area (Å²) >= 11 is 1.43. The monoisotopic (exact) mass is 272 g/mol. The largest absolute Gasteiger partial charge is 0.465 e. The first-order valence-corrected chi connectivity index (χ1v) is 6.46. The number of carbonyl (C=O) groups is 2. The average Bonchev–Trinajstić information content (AvgIpc) is 2.47. The van der Waals surface area contributed by atoms with Crippen LogP contribution in [0.25, 0.3) is 0 Å². The highest BCUT2D eigenvalue weighted by Crippen LogP contribution is 2.31. The Labute approximate surface area is 115 Å². The Bertz CT molecular complexity index is 608. The molecule has 0 spiro atoms. The van der Waals surface area contributed by atoms with Gasteiger partial charge in [-0.1, -0.05) is 36.0 Å². The Hall–Kier alpha value is -2.07. The highest BCUT2D eigenvalue weighted by molar-refractivity contribution is 7.99. The van der Waals surface area contributed by atoms with E-state index in [-0.39, 0.29) is 5.97 Å². The summed E-state index contributed by atoms with van der Waals surface area (Å²) in [6.07, 6.45) is 0.802. The van der Waals surface area contributed by atoms with E-state index in [4.69, 9.17) is 4.74 Å². The number of rotatable bonds is 4. The van der Waals surface area contributed by atoms with Crippen LogP contribution in [0.2, 0.25) is 0 Å². The molecule has 2 aromatic rings. The summed E-state index contributed by atoms with van der Waals surface area (Å²) in [5, 5.41) is 0. The molecule has 0 aromatic heterocycles. The van der Waals surface area contributed by atoms with Gasteiger partial charge in [0.15, 0.2) is 0 Å². The Morgan fingerprint density at radius 2 is 1.95 bits per heavy atom. The highest BCUT2D eigenvalue weighted by Gasteiger charge is 2.11. The van der Waals surface area contributed by atoms with E-state index in [0.717, 1.165) is 16.1 Å². The van der Waals surface area contributed by atoms with Crippen LogP contribution in [0.4, 0.5) is 0 Å². The minimum atomic E-state index is -0.366. The Morgan fingerprint density at radius 3 is 2.68 bits per heavy atom. The van der Waals surface area contributed by atoms with Crippen molar-refractivity contribution < 1.29 is 14.3 Å². The number of benzene rings is 2. The zero-order chi connectivity index (χ0) is 13.7. The minimum absolute atomic E-state index is 0.366. The summed E-state index contributed by atoms with van der Waals surface area (Å²) in [4.78, 5) is 24.1. The van der Waals surface area contributed by atoms with Crippen molar-refractivity contribution in [2.75, 3.05) is 7.11 Å². The fourth-order valence-electron chi connectivity index (χ4n) is 1.61. The maximum atomic E-state index is 11.7. The number of aldehydes is 1. The molecule has 0 N–H and O–H groups in total. The predicted octanol–water partition coefficient (Wildman–Crippen LogP) is 3.44. The van der Waals surface area contributed by atoms with Crippen LogP contribution in [0.5, 0.6) is 0 Å². The molecule has 0 aliphatic rings. The van der Waals surface area contributed by atoms with Crippen LogP contribution in [0.1, 0.15) is 20.7 Å². The van der Waals surface area contributed by atoms with Gasteiger partial charge in [0, 0.05) is 15.4 Å². The molecule has 0 amide bonds. The first-order chi connectivity index (χ1) is 9.24. The topological polar surface area (TPSA) is 43.4 Å². The van der Waals surface area contributed by atoms with Crippen molar-refractivity contribution in [1.82, 2.24) is 0 Å². The summed E-state index contributed by atoms with van der Waals surface area (Å²) in [6, 6.07) is 14.5. The molecule has 0 radical (unpaired) electrons. The fraction of sp³-hybridized carbons (Fsp3) is 0.0667. The fourth-order valence-corrected chi connectivity index (χ4v) is 2.62. The summed E-state index contributed by atoms with van der Waals surface area (Å²) in [5.74, 6) is -0.366. The second-order valence-corrected chi connectivity index (χ2v) is 4.90. The number of hydrogen-bond donors (Lipinski definition) is 0. The van der Waals surface area contributed by atoms with Gasteiger partial charge >= 0.3 is 5.97 Å². The Balaban J connectivity index is 2.32. The molecule has 0 fully saturated rings. The lowest BCUT2D eigenvalue weighted by Gasteiger charge is -2.07. The van der Waals surface area contributed by atoms with E-state index in [2.05, 4.69) is 0 Å². The van der Waals surface area contributed by atoms with E-state index in [0.29, 0.717) is 11.1 Å². The van der Waals surface area contributed by atoms with Gasteiger partial charge in [0.05, 0.1) is 12.7 Å². The minimum Gasteiger partial charge on any atom is -0.465 e. The average molecular weight is 272 g/mol. The van der Waals surface area contributed by atoms with Crippen LogP contribution >= 0.6 is 11.8 Å². The summed E-state index contributed by atoms with van der Waals surface area (Å²) in [6.45, 7) is 0. The zero-order valence-electron chi connectivity index (χ0n) is 10.3. The summed E-state index contributed by atoms with van der Waals surface area (Å²) in [7, 11) is 1.36. The van der Waals surface area contributed by atoms with Crippen LogP contribution in [0.15, 0.2) is 58.3 Å². The number of ether oxygens (including phenoxy) is 1. The van der Waals surface area contributed by atoms with Crippen LogP contribution in [0.3, 0.4) is 0 Å². The molecule has 0 unspecified atom stereocenters. The van der Waals surface area contributed by atoms with Gasteiger partial charge in [-0.05, 0) is 24.3 Å². The van der Waals surface area contributed by atoms with Crippen molar-refractivity contribution in [2.45, 2.75) is 9.79 Å². The lowest BCUT2D eigenvalue weighted by molar-refractivity contribution is 0.0596. The number of carbonyl (C=O) groups excluding carboxylic acids is 2. The van der Waals surface area contributed by atoms with E-state index in [1.807, 2.05) is 24.3 Å². The molecule has 3 nitrogen and oxygen atoms in total. The van der Waals surface area contributed by atoms with E-state index in [1.54, 1.807) is 24.3 Å². The Kier molecular flexibility index (Phi) is 4.36. The van der Waals surface area contributed by atoms with Gasteiger partial charge in [0.2, 0.25) is 0 Å². The number of hydrogen-bond acceptors (Lipinski definition) is 4. The molecule has 0 aliphatic carbocycles. The highest BCUT2D eigenvalue weighted by atomic mass is 32.2. The van der Waals surface area contributed by atoms with Gasteiger partial charge in [-0.2, -0.15) is 0 Å². The molecule has 0 bridgehead atoms. The maximum absolute atomic E-state index is 11.7. The normalized spacial score (nSPS) is 9.95. The summed E-state index contributed by atoms with van der Waals surface area (Å²) in [5.41, 5.74) is 1.13. The number of methoxy groups -OCH3 is 1. The molecular formula is C15H12O3S. The standard InChI is InChI=1S/C15H12O3S/c1-18-15(17)13-7-2-3-8-14(13)19-12-6-4-5-11(9-12)10-16/h2-10H,1H3. The van der Waals surface area contributed by atoms with E-state index < -0.39 is 0 Å². The third-order valence-electron chi connectivity index (χ3n) is 2.51. The molecule has 0 aliphatic heterocycles. The van der Waals surface area contributed by atoms with Crippen molar-refractivity contribution in [3.05, 3.63) is 59.7 Å². The molecular weight excluding hydrogens is 260 g/mol. The lowest BCUT2D eigenvalue weighted by Crippen LogP contribution is -2.02. The molecule has 0 saturated carbocycles. The first kappa shape index (κ1) is 13.4. The molecule has 0 atom stereocenters. The third-order valence-corrected chi connectivity index (χ3v) is 3.58. The van der Waals surface area contributed by atoms with Crippen molar-refractivity contribution in [2.24, 2.45) is 0 Å². The van der Waals surface area contributed by atoms with E-state index >= 15 is 0 Å². The van der Waals surface area contributed by atoms with Gasteiger partial charge in [-0.25, -0.2) is 4.79 Å². The molecule has 96 valence electrons.